The van der Waals surface area contributed by atoms with E-state index in [1.165, 1.54) is 17.4 Å². The number of hydrogen-bond acceptors (Lipinski definition) is 5. The van der Waals surface area contributed by atoms with Crippen LogP contribution in [-0.4, -0.2) is 25.8 Å². The van der Waals surface area contributed by atoms with Gasteiger partial charge in [0.2, 0.25) is 5.78 Å². The fourth-order valence-corrected chi connectivity index (χ4v) is 2.45. The second kappa shape index (κ2) is 5.34. The van der Waals surface area contributed by atoms with Crippen LogP contribution in [0, 0.1) is 0 Å². The molecule has 0 atom stereocenters. The number of allylic oxidation sites excluding steroid dienone is 1. The van der Waals surface area contributed by atoms with E-state index in [1.54, 1.807) is 16.1 Å². The molecular weight excluding hydrogens is 328 g/mol. The van der Waals surface area contributed by atoms with Gasteiger partial charge in [-0.15, -0.1) is 16.4 Å². The molecule has 2 heterocycles. The van der Waals surface area contributed by atoms with Crippen LogP contribution in [0.3, 0.4) is 0 Å². The molecule has 0 aromatic carbocycles. The molecule has 0 aliphatic heterocycles. The normalized spacial score (nSPS) is 12.2. The number of thiazole rings is 1. The van der Waals surface area contributed by atoms with Crippen LogP contribution in [0.4, 0.5) is 0 Å². The smallest absolute Gasteiger partial charge is 0.214 e. The van der Waals surface area contributed by atoms with E-state index < -0.39 is 0 Å². The fraction of sp³-hybridized carbons (Fsp3) is 0.333. The number of aromatic nitrogens is 4. The topological polar surface area (TPSA) is 60.7 Å². The first kappa shape index (κ1) is 14.1. The molecular formula is C12H13BrN4OS. The van der Waals surface area contributed by atoms with Gasteiger partial charge in [-0.2, -0.15) is 0 Å². The minimum atomic E-state index is -0.138. The van der Waals surface area contributed by atoms with Crippen LogP contribution in [0.1, 0.15) is 36.3 Å². The summed E-state index contributed by atoms with van der Waals surface area (Å²) in [5.74, 6) is -0.138. The third-order valence-electron chi connectivity index (χ3n) is 2.29. The molecule has 0 amide bonds. The lowest BCUT2D eigenvalue weighted by molar-refractivity contribution is 0.104. The van der Waals surface area contributed by atoms with Crippen molar-refractivity contribution in [2.45, 2.75) is 26.3 Å². The van der Waals surface area contributed by atoms with Crippen molar-refractivity contribution < 1.29 is 4.79 Å². The van der Waals surface area contributed by atoms with E-state index in [9.17, 15) is 4.79 Å². The minimum Gasteiger partial charge on any atom is -0.287 e. The van der Waals surface area contributed by atoms with Crippen LogP contribution in [0.25, 0.3) is 6.08 Å². The van der Waals surface area contributed by atoms with Crippen LogP contribution in [0.15, 0.2) is 22.3 Å². The molecule has 7 heteroatoms. The van der Waals surface area contributed by atoms with E-state index in [4.69, 9.17) is 0 Å². The third kappa shape index (κ3) is 3.57. The SMILES string of the molecule is CC(C)(C)n1cc(C=CC(=O)c2nc(Br)cs2)nn1. The fourth-order valence-electron chi connectivity index (χ4n) is 1.28. The van der Waals surface area contributed by atoms with Gasteiger partial charge in [-0.1, -0.05) is 5.21 Å². The molecule has 0 radical (unpaired) electrons. The van der Waals surface area contributed by atoms with E-state index in [2.05, 4.69) is 31.2 Å². The van der Waals surface area contributed by atoms with Crippen molar-refractivity contribution >= 4 is 39.1 Å². The number of nitrogens with zero attached hydrogens (tertiary/aromatic N) is 4. The van der Waals surface area contributed by atoms with Crippen molar-refractivity contribution in [2.24, 2.45) is 0 Å². The summed E-state index contributed by atoms with van der Waals surface area (Å²) in [6.45, 7) is 6.11. The van der Waals surface area contributed by atoms with Crippen molar-refractivity contribution in [1.29, 1.82) is 0 Å². The first-order valence-electron chi connectivity index (χ1n) is 5.62. The second-order valence-corrected chi connectivity index (χ2v) is 6.60. The molecule has 0 aliphatic rings. The maximum absolute atomic E-state index is 11.8. The summed E-state index contributed by atoms with van der Waals surface area (Å²) in [6.07, 6.45) is 4.91. The zero-order valence-corrected chi connectivity index (χ0v) is 13.2. The Morgan fingerprint density at radius 2 is 2.21 bits per heavy atom. The first-order chi connectivity index (χ1) is 8.86. The summed E-state index contributed by atoms with van der Waals surface area (Å²) in [5, 5.41) is 10.3. The van der Waals surface area contributed by atoms with Gasteiger partial charge in [-0.25, -0.2) is 9.67 Å². The van der Waals surface area contributed by atoms with Gasteiger partial charge in [0.05, 0.1) is 11.7 Å². The molecule has 0 unspecified atom stereocenters. The highest BCUT2D eigenvalue weighted by Gasteiger charge is 2.14. The van der Waals surface area contributed by atoms with Gasteiger partial charge < -0.3 is 0 Å². The minimum absolute atomic E-state index is 0.122. The van der Waals surface area contributed by atoms with Crippen molar-refractivity contribution in [3.63, 3.8) is 0 Å². The van der Waals surface area contributed by atoms with Gasteiger partial charge >= 0.3 is 0 Å². The van der Waals surface area contributed by atoms with Crippen LogP contribution < -0.4 is 0 Å². The van der Waals surface area contributed by atoms with Crippen molar-refractivity contribution in [2.75, 3.05) is 0 Å². The number of carbonyl (C=O) groups is 1. The summed E-state index contributed by atoms with van der Waals surface area (Å²) in [6, 6.07) is 0. The lowest BCUT2D eigenvalue weighted by Gasteiger charge is -2.17. The maximum atomic E-state index is 11.8. The summed E-state index contributed by atoms with van der Waals surface area (Å²) in [5.41, 5.74) is 0.530. The summed E-state index contributed by atoms with van der Waals surface area (Å²) in [7, 11) is 0. The Bertz CT molecular complexity index is 624. The molecule has 0 fully saturated rings. The van der Waals surface area contributed by atoms with Crippen LogP contribution >= 0.6 is 27.3 Å². The lowest BCUT2D eigenvalue weighted by atomic mass is 10.1. The van der Waals surface area contributed by atoms with E-state index >= 15 is 0 Å². The molecule has 2 aromatic rings. The van der Waals surface area contributed by atoms with Crippen LogP contribution in [-0.2, 0) is 5.54 Å². The molecule has 0 N–H and O–H groups in total. The highest BCUT2D eigenvalue weighted by atomic mass is 79.9. The second-order valence-electron chi connectivity index (χ2n) is 4.93. The Labute approximate surface area is 123 Å². The number of rotatable bonds is 3. The molecule has 0 spiro atoms. The number of hydrogen-bond donors (Lipinski definition) is 0. The van der Waals surface area contributed by atoms with Crippen LogP contribution in [0.2, 0.25) is 0 Å². The van der Waals surface area contributed by atoms with E-state index in [0.717, 1.165) is 0 Å². The highest BCUT2D eigenvalue weighted by molar-refractivity contribution is 9.10. The van der Waals surface area contributed by atoms with Gasteiger partial charge in [0, 0.05) is 5.38 Å². The van der Waals surface area contributed by atoms with Crippen molar-refractivity contribution in [3.05, 3.63) is 33.0 Å². The largest absolute Gasteiger partial charge is 0.287 e. The Balaban J connectivity index is 2.11. The highest BCUT2D eigenvalue weighted by Crippen LogP contribution is 2.16. The third-order valence-corrected chi connectivity index (χ3v) is 3.86. The Hall–Kier alpha value is -1.34. The monoisotopic (exact) mass is 340 g/mol. The number of ketones is 1. The maximum Gasteiger partial charge on any atom is 0.214 e. The quantitative estimate of drug-likeness (QED) is 0.636. The van der Waals surface area contributed by atoms with Gasteiger partial charge in [0.25, 0.3) is 0 Å². The Morgan fingerprint density at radius 3 is 2.74 bits per heavy atom. The van der Waals surface area contributed by atoms with Crippen molar-refractivity contribution in [3.8, 4) is 0 Å². The molecule has 0 aliphatic carbocycles. The number of halogens is 1. The van der Waals surface area contributed by atoms with Crippen LogP contribution in [0.5, 0.6) is 0 Å². The predicted octanol–water partition coefficient (Wildman–Crippen LogP) is 3.15. The molecule has 100 valence electrons. The van der Waals surface area contributed by atoms with E-state index in [0.29, 0.717) is 15.3 Å². The van der Waals surface area contributed by atoms with Gasteiger partial charge in [-0.05, 0) is 48.9 Å². The molecule has 0 saturated heterocycles. The molecule has 0 bridgehead atoms. The number of carbonyl (C=O) groups excluding carboxylic acids is 1. The summed E-state index contributed by atoms with van der Waals surface area (Å²) in [4.78, 5) is 15.9. The van der Waals surface area contributed by atoms with Gasteiger partial charge in [0.15, 0.2) is 5.01 Å². The standard InChI is InChI=1S/C12H13BrN4OS/c1-12(2,3)17-6-8(15-16-17)4-5-9(18)11-14-10(13)7-19-11/h4-7H,1-3H3. The Kier molecular flexibility index (Phi) is 3.96. The molecule has 2 aromatic heterocycles. The average molecular weight is 341 g/mol. The molecule has 5 nitrogen and oxygen atoms in total. The van der Waals surface area contributed by atoms with Gasteiger partial charge in [-0.3, -0.25) is 4.79 Å². The molecule has 19 heavy (non-hydrogen) atoms. The Morgan fingerprint density at radius 1 is 1.47 bits per heavy atom. The van der Waals surface area contributed by atoms with Crippen molar-refractivity contribution in [1.82, 2.24) is 20.0 Å². The predicted molar refractivity (Wildman–Crippen MR) is 78.2 cm³/mol. The zero-order chi connectivity index (χ0) is 14.0. The van der Waals surface area contributed by atoms with E-state index in [-0.39, 0.29) is 11.3 Å². The molecule has 0 saturated carbocycles. The molecule has 2 rings (SSSR count). The lowest BCUT2D eigenvalue weighted by Crippen LogP contribution is -2.22. The summed E-state index contributed by atoms with van der Waals surface area (Å²) >= 11 is 4.52. The average Bonchev–Trinajstić information content (AvgIpc) is 2.93. The zero-order valence-electron chi connectivity index (χ0n) is 10.8. The summed E-state index contributed by atoms with van der Waals surface area (Å²) < 4.78 is 2.44. The first-order valence-corrected chi connectivity index (χ1v) is 7.30. The van der Waals surface area contributed by atoms with Gasteiger partial charge in [0.1, 0.15) is 10.3 Å². The van der Waals surface area contributed by atoms with E-state index in [1.807, 2.05) is 27.0 Å².